The van der Waals surface area contributed by atoms with Crippen LogP contribution in [0.15, 0.2) is 29.6 Å². The average molecular weight is 387 g/mol. The molecule has 0 saturated heterocycles. The van der Waals surface area contributed by atoms with Crippen LogP contribution in [-0.4, -0.2) is 42.9 Å². The van der Waals surface area contributed by atoms with Gasteiger partial charge < -0.3 is 14.8 Å². The lowest BCUT2D eigenvalue weighted by Gasteiger charge is -2.09. The number of hydrogen-bond acceptors (Lipinski definition) is 8. The normalized spacial score (nSPS) is 11.1. The molecule has 0 saturated carbocycles. The van der Waals surface area contributed by atoms with Gasteiger partial charge in [-0.3, -0.25) is 14.4 Å². The predicted molar refractivity (Wildman–Crippen MR) is 96.5 cm³/mol. The van der Waals surface area contributed by atoms with Crippen molar-refractivity contribution in [1.82, 2.24) is 10.3 Å². The Morgan fingerprint density at radius 3 is 2.70 bits per heavy atom. The largest absolute Gasteiger partial charge is 0.496 e. The molecule has 1 heterocycles. The number of nitrogens with zero attached hydrogens (tertiary/aromatic N) is 2. The van der Waals surface area contributed by atoms with Gasteiger partial charge in [0.05, 0.1) is 18.7 Å². The fraction of sp³-hybridized carbons (Fsp3) is 0.278. The Morgan fingerprint density at radius 1 is 1.33 bits per heavy atom. The molecule has 0 aliphatic rings. The quantitative estimate of drug-likeness (QED) is 0.684. The lowest BCUT2D eigenvalue weighted by Crippen LogP contribution is -2.32. The third-order valence-corrected chi connectivity index (χ3v) is 4.48. The summed E-state index contributed by atoms with van der Waals surface area (Å²) in [6.45, 7) is 0.765. The molecule has 0 aliphatic heterocycles. The summed E-state index contributed by atoms with van der Waals surface area (Å²) in [5, 5.41) is 13.6. The predicted octanol–water partition coefficient (Wildman–Crippen LogP) is 1.61. The fourth-order valence-electron chi connectivity index (χ4n) is 2.14. The molecule has 2 aromatic rings. The number of hydrogen-bond donors (Lipinski definition) is 1. The Morgan fingerprint density at radius 2 is 2.07 bits per heavy atom. The van der Waals surface area contributed by atoms with Gasteiger partial charge in [-0.05, 0) is 19.1 Å². The van der Waals surface area contributed by atoms with Crippen molar-refractivity contribution in [1.29, 1.82) is 5.26 Å². The number of ether oxygens (including phenoxy) is 2. The van der Waals surface area contributed by atoms with Gasteiger partial charge >= 0.3 is 5.97 Å². The summed E-state index contributed by atoms with van der Waals surface area (Å²) < 4.78 is 9.93. The van der Waals surface area contributed by atoms with Crippen LogP contribution >= 0.6 is 11.3 Å². The van der Waals surface area contributed by atoms with Crippen molar-refractivity contribution < 1.29 is 23.9 Å². The van der Waals surface area contributed by atoms with Gasteiger partial charge in [-0.1, -0.05) is 12.1 Å². The summed E-state index contributed by atoms with van der Waals surface area (Å²) >= 11 is 1.20. The van der Waals surface area contributed by atoms with Gasteiger partial charge in [0.2, 0.25) is 0 Å². The summed E-state index contributed by atoms with van der Waals surface area (Å²) in [5.41, 5.74) is 0.978. The van der Waals surface area contributed by atoms with Crippen molar-refractivity contribution >= 4 is 29.0 Å². The summed E-state index contributed by atoms with van der Waals surface area (Å²) in [6.07, 6.45) is 0. The van der Waals surface area contributed by atoms with Crippen LogP contribution in [0.25, 0.3) is 0 Å². The molecule has 1 atom stereocenters. The maximum atomic E-state index is 12.1. The molecule has 1 amide bonds. The molecule has 0 radical (unpaired) electrons. The zero-order valence-electron chi connectivity index (χ0n) is 14.7. The third kappa shape index (κ3) is 5.36. The number of nitriles is 1. The number of esters is 1. The number of nitrogens with one attached hydrogen (secondary N) is 1. The summed E-state index contributed by atoms with van der Waals surface area (Å²) in [5.74, 6) is -2.59. The van der Waals surface area contributed by atoms with E-state index in [0.717, 1.165) is 0 Å². The molecule has 0 bridgehead atoms. The Hall–Kier alpha value is -3.25. The molecule has 1 aromatic carbocycles. The second-order valence-corrected chi connectivity index (χ2v) is 6.29. The van der Waals surface area contributed by atoms with E-state index in [1.807, 2.05) is 6.07 Å². The highest BCUT2D eigenvalue weighted by atomic mass is 32.1. The molecule has 1 aromatic heterocycles. The van der Waals surface area contributed by atoms with Gasteiger partial charge in [0, 0.05) is 11.1 Å². The van der Waals surface area contributed by atoms with Crippen LogP contribution in [0.1, 0.15) is 27.0 Å². The van der Waals surface area contributed by atoms with Gasteiger partial charge in [-0.25, -0.2) is 4.98 Å². The van der Waals surface area contributed by atoms with Crippen molar-refractivity contribution in [2.24, 2.45) is 0 Å². The second-order valence-electron chi connectivity index (χ2n) is 5.40. The number of aryl methyl sites for hydroxylation is 1. The van der Waals surface area contributed by atoms with E-state index in [2.05, 4.69) is 10.3 Å². The zero-order chi connectivity index (χ0) is 19.8. The van der Waals surface area contributed by atoms with Crippen LogP contribution in [0.5, 0.6) is 5.75 Å². The van der Waals surface area contributed by atoms with Crippen LogP contribution in [0, 0.1) is 18.3 Å². The van der Waals surface area contributed by atoms with Crippen molar-refractivity contribution in [3.8, 4) is 11.8 Å². The number of aromatic nitrogens is 1. The fourth-order valence-corrected chi connectivity index (χ4v) is 3.00. The van der Waals surface area contributed by atoms with E-state index in [1.54, 1.807) is 36.6 Å². The minimum absolute atomic E-state index is 0.271. The Labute approximate surface area is 159 Å². The van der Waals surface area contributed by atoms with E-state index in [4.69, 9.17) is 14.7 Å². The van der Waals surface area contributed by atoms with Gasteiger partial charge in [0.25, 0.3) is 5.91 Å². The maximum absolute atomic E-state index is 12.1. The van der Waals surface area contributed by atoms with E-state index >= 15 is 0 Å². The molecule has 0 aliphatic carbocycles. The van der Waals surface area contributed by atoms with Crippen LogP contribution < -0.4 is 10.1 Å². The van der Waals surface area contributed by atoms with Gasteiger partial charge in [-0.2, -0.15) is 5.26 Å². The van der Waals surface area contributed by atoms with Crippen molar-refractivity contribution in [2.75, 3.05) is 20.3 Å². The lowest BCUT2D eigenvalue weighted by atomic mass is 10.1. The van der Waals surface area contributed by atoms with Crippen LogP contribution in [0.2, 0.25) is 0 Å². The van der Waals surface area contributed by atoms with Crippen LogP contribution in [0.4, 0.5) is 0 Å². The van der Waals surface area contributed by atoms with E-state index in [-0.39, 0.29) is 5.56 Å². The minimum Gasteiger partial charge on any atom is -0.496 e. The monoisotopic (exact) mass is 387 g/mol. The van der Waals surface area contributed by atoms with Crippen molar-refractivity contribution in [3.63, 3.8) is 0 Å². The minimum atomic E-state index is -1.08. The smallest absolute Gasteiger partial charge is 0.325 e. The molecular formula is C18H17N3O5S. The molecule has 2 rings (SSSR count). The molecule has 0 unspecified atom stereocenters. The first-order valence-electron chi connectivity index (χ1n) is 7.87. The standard InChI is InChI=1S/C18H17N3O5S/c1-11-10-27-18(21-11)13(7-19)14(22)9-26-16(23)8-20-17(24)12-5-3-4-6-15(12)25-2/h3-6,10,13H,8-9H2,1-2H3,(H,20,24)/t13-/m0/s1. The summed E-state index contributed by atoms with van der Waals surface area (Å²) in [7, 11) is 1.43. The SMILES string of the molecule is COc1ccccc1C(=O)NCC(=O)OCC(=O)[C@H](C#N)c1nc(C)cs1. The van der Waals surface area contributed by atoms with Crippen LogP contribution in [0.3, 0.4) is 0 Å². The number of amides is 1. The highest BCUT2D eigenvalue weighted by Gasteiger charge is 2.24. The molecule has 9 heteroatoms. The zero-order valence-corrected chi connectivity index (χ0v) is 15.5. The van der Waals surface area contributed by atoms with E-state index in [1.165, 1.54) is 18.4 Å². The van der Waals surface area contributed by atoms with Crippen molar-refractivity contribution in [2.45, 2.75) is 12.8 Å². The Bertz CT molecular complexity index is 887. The second kappa shape index (κ2) is 9.45. The van der Waals surface area contributed by atoms with Gasteiger partial charge in [-0.15, -0.1) is 11.3 Å². The first-order chi connectivity index (χ1) is 13.0. The first kappa shape index (κ1) is 20.1. The highest BCUT2D eigenvalue weighted by molar-refractivity contribution is 7.09. The Kier molecular flexibility index (Phi) is 7.02. The number of Topliss-reactive ketones (excluding diaryl/α,β-unsaturated/α-hetero) is 1. The van der Waals surface area contributed by atoms with Gasteiger partial charge in [0.15, 0.2) is 18.3 Å². The topological polar surface area (TPSA) is 118 Å². The molecule has 27 heavy (non-hydrogen) atoms. The number of thiazole rings is 1. The van der Waals surface area contributed by atoms with E-state index in [9.17, 15) is 14.4 Å². The van der Waals surface area contributed by atoms with Crippen LogP contribution in [-0.2, 0) is 14.3 Å². The number of ketones is 1. The first-order valence-corrected chi connectivity index (χ1v) is 8.75. The highest BCUT2D eigenvalue weighted by Crippen LogP contribution is 2.20. The van der Waals surface area contributed by atoms with Crippen molar-refractivity contribution in [3.05, 3.63) is 45.9 Å². The summed E-state index contributed by atoms with van der Waals surface area (Å²) in [4.78, 5) is 40.1. The number of methoxy groups -OCH3 is 1. The number of carbonyl (C=O) groups excluding carboxylic acids is 3. The number of benzene rings is 1. The molecule has 8 nitrogen and oxygen atoms in total. The summed E-state index contributed by atoms with van der Waals surface area (Å²) in [6, 6.07) is 8.41. The third-order valence-electron chi connectivity index (χ3n) is 3.46. The number of para-hydroxylation sites is 1. The van der Waals surface area contributed by atoms with E-state index < -0.39 is 36.7 Å². The molecule has 0 fully saturated rings. The number of rotatable bonds is 8. The maximum Gasteiger partial charge on any atom is 0.325 e. The molecule has 140 valence electrons. The number of carbonyl (C=O) groups is 3. The lowest BCUT2D eigenvalue weighted by molar-refractivity contribution is -0.146. The average Bonchev–Trinajstić information content (AvgIpc) is 3.10. The Balaban J connectivity index is 1.84. The molecular weight excluding hydrogens is 370 g/mol. The van der Waals surface area contributed by atoms with E-state index in [0.29, 0.717) is 16.5 Å². The molecule has 1 N–H and O–H groups in total. The van der Waals surface area contributed by atoms with Gasteiger partial charge in [0.1, 0.15) is 17.3 Å². The molecule has 0 spiro atoms.